The molecule has 0 aliphatic carbocycles. The van der Waals surface area contributed by atoms with Crippen molar-refractivity contribution in [1.29, 1.82) is 0 Å². The molecule has 1 aromatic rings. The lowest BCUT2D eigenvalue weighted by Crippen LogP contribution is -2.36. The van der Waals surface area contributed by atoms with E-state index in [0.29, 0.717) is 12.4 Å². The number of carbonyl (C=O) groups is 1. The van der Waals surface area contributed by atoms with E-state index < -0.39 is 0 Å². The Kier molecular flexibility index (Phi) is 3.50. The summed E-state index contributed by atoms with van der Waals surface area (Å²) in [5, 5.41) is 5.34. The molecule has 14 heavy (non-hydrogen) atoms. The summed E-state index contributed by atoms with van der Waals surface area (Å²) in [5.74, 6) is 1.26. The molecule has 0 aliphatic rings. The van der Waals surface area contributed by atoms with Crippen LogP contribution in [0.3, 0.4) is 0 Å². The molecule has 0 bridgehead atoms. The zero-order valence-corrected chi connectivity index (χ0v) is 8.63. The molecule has 5 nitrogen and oxygen atoms in total. The van der Waals surface area contributed by atoms with Crippen molar-refractivity contribution in [3.8, 4) is 0 Å². The number of carbonyl (C=O) groups excluding carboxylic acids is 1. The van der Waals surface area contributed by atoms with E-state index in [9.17, 15) is 4.79 Å². The maximum atomic E-state index is 11.1. The van der Waals surface area contributed by atoms with E-state index in [2.05, 4.69) is 15.6 Å². The monoisotopic (exact) mass is 197 g/mol. The summed E-state index contributed by atoms with van der Waals surface area (Å²) in [6, 6.07) is -0.425. The molecule has 5 heteroatoms. The first-order valence-corrected chi connectivity index (χ1v) is 4.60. The van der Waals surface area contributed by atoms with E-state index in [0.717, 1.165) is 5.76 Å². The van der Waals surface area contributed by atoms with Gasteiger partial charge in [0, 0.05) is 6.54 Å². The molecule has 0 radical (unpaired) electrons. The fourth-order valence-corrected chi connectivity index (χ4v) is 1.04. The predicted octanol–water partition coefficient (Wildman–Crippen LogP) is 1.36. The third-order valence-electron chi connectivity index (χ3n) is 1.69. The van der Waals surface area contributed by atoms with Gasteiger partial charge in [0.2, 0.25) is 5.89 Å². The largest absolute Gasteiger partial charge is 0.444 e. The van der Waals surface area contributed by atoms with Crippen LogP contribution in [-0.4, -0.2) is 17.6 Å². The van der Waals surface area contributed by atoms with Crippen molar-refractivity contribution < 1.29 is 9.21 Å². The van der Waals surface area contributed by atoms with Gasteiger partial charge in [-0.25, -0.2) is 9.78 Å². The molecule has 78 valence electrons. The summed E-state index contributed by atoms with van der Waals surface area (Å²) in [6.07, 6.45) is 1.63. The molecule has 1 atom stereocenters. The van der Waals surface area contributed by atoms with Crippen molar-refractivity contribution in [2.75, 3.05) is 6.54 Å². The molecular weight excluding hydrogens is 182 g/mol. The fourth-order valence-electron chi connectivity index (χ4n) is 1.04. The first kappa shape index (κ1) is 10.6. The number of hydrogen-bond donors (Lipinski definition) is 2. The number of nitrogens with zero attached hydrogens (tertiary/aromatic N) is 1. The summed E-state index contributed by atoms with van der Waals surface area (Å²) in [6.45, 7) is 6.10. The summed E-state index contributed by atoms with van der Waals surface area (Å²) in [5.41, 5.74) is 0. The molecule has 0 fully saturated rings. The Morgan fingerprint density at radius 1 is 1.71 bits per heavy atom. The lowest BCUT2D eigenvalue weighted by Gasteiger charge is -2.10. The van der Waals surface area contributed by atoms with E-state index in [4.69, 9.17) is 4.42 Å². The van der Waals surface area contributed by atoms with E-state index in [-0.39, 0.29) is 12.1 Å². The molecule has 1 heterocycles. The van der Waals surface area contributed by atoms with Gasteiger partial charge in [0.1, 0.15) is 11.8 Å². The predicted molar refractivity (Wildman–Crippen MR) is 51.9 cm³/mol. The Morgan fingerprint density at radius 3 is 2.93 bits per heavy atom. The summed E-state index contributed by atoms with van der Waals surface area (Å²) in [7, 11) is 0. The average molecular weight is 197 g/mol. The van der Waals surface area contributed by atoms with Crippen molar-refractivity contribution in [3.05, 3.63) is 17.8 Å². The van der Waals surface area contributed by atoms with Crippen LogP contribution in [0.25, 0.3) is 0 Å². The van der Waals surface area contributed by atoms with Crippen LogP contribution in [-0.2, 0) is 0 Å². The standard InChI is InChI=1S/C9H15N3O2/c1-4-10-9(13)12-7(3)8-11-5-6(2)14-8/h5,7H,4H2,1-3H3,(H2,10,12,13). The third-order valence-corrected chi connectivity index (χ3v) is 1.69. The quantitative estimate of drug-likeness (QED) is 0.768. The minimum atomic E-state index is -0.213. The van der Waals surface area contributed by atoms with Crippen molar-refractivity contribution in [3.63, 3.8) is 0 Å². The zero-order valence-electron chi connectivity index (χ0n) is 8.63. The van der Waals surface area contributed by atoms with Gasteiger partial charge in [0.05, 0.1) is 6.20 Å². The van der Waals surface area contributed by atoms with E-state index in [1.54, 1.807) is 6.20 Å². The highest BCUT2D eigenvalue weighted by Gasteiger charge is 2.13. The summed E-state index contributed by atoms with van der Waals surface area (Å²) in [4.78, 5) is 15.2. The molecule has 0 saturated carbocycles. The summed E-state index contributed by atoms with van der Waals surface area (Å²) < 4.78 is 5.27. The molecular formula is C9H15N3O2. The highest BCUT2D eigenvalue weighted by Crippen LogP contribution is 2.11. The van der Waals surface area contributed by atoms with Crippen molar-refractivity contribution in [2.45, 2.75) is 26.8 Å². The molecule has 2 amide bonds. The van der Waals surface area contributed by atoms with Gasteiger partial charge >= 0.3 is 6.03 Å². The van der Waals surface area contributed by atoms with Crippen LogP contribution in [0.2, 0.25) is 0 Å². The fraction of sp³-hybridized carbons (Fsp3) is 0.556. The third kappa shape index (κ3) is 2.76. The minimum Gasteiger partial charge on any atom is -0.444 e. The van der Waals surface area contributed by atoms with Gasteiger partial charge in [-0.1, -0.05) is 0 Å². The number of aryl methyl sites for hydroxylation is 1. The van der Waals surface area contributed by atoms with Gasteiger partial charge < -0.3 is 15.1 Å². The Balaban J connectivity index is 2.50. The molecule has 0 saturated heterocycles. The number of nitrogens with one attached hydrogen (secondary N) is 2. The zero-order chi connectivity index (χ0) is 10.6. The van der Waals surface area contributed by atoms with Crippen LogP contribution in [0, 0.1) is 6.92 Å². The van der Waals surface area contributed by atoms with Crippen LogP contribution in [0.15, 0.2) is 10.6 Å². The Labute approximate surface area is 82.9 Å². The smallest absolute Gasteiger partial charge is 0.315 e. The molecule has 0 spiro atoms. The maximum Gasteiger partial charge on any atom is 0.315 e. The first-order valence-electron chi connectivity index (χ1n) is 4.60. The number of aromatic nitrogens is 1. The maximum absolute atomic E-state index is 11.1. The molecule has 1 rings (SSSR count). The SMILES string of the molecule is CCNC(=O)NC(C)c1ncc(C)o1. The minimum absolute atomic E-state index is 0.212. The summed E-state index contributed by atoms with van der Waals surface area (Å²) >= 11 is 0. The molecule has 0 aromatic carbocycles. The van der Waals surface area contributed by atoms with Gasteiger partial charge in [-0.15, -0.1) is 0 Å². The van der Waals surface area contributed by atoms with Crippen LogP contribution >= 0.6 is 0 Å². The Bertz CT molecular complexity index is 309. The van der Waals surface area contributed by atoms with Crippen LogP contribution < -0.4 is 10.6 Å². The van der Waals surface area contributed by atoms with E-state index >= 15 is 0 Å². The second-order valence-corrected chi connectivity index (χ2v) is 3.03. The van der Waals surface area contributed by atoms with Gasteiger partial charge in [-0.2, -0.15) is 0 Å². The topological polar surface area (TPSA) is 67.2 Å². The number of rotatable bonds is 3. The van der Waals surface area contributed by atoms with Gasteiger partial charge in [-0.3, -0.25) is 0 Å². The van der Waals surface area contributed by atoms with E-state index in [1.165, 1.54) is 0 Å². The average Bonchev–Trinajstić information content (AvgIpc) is 2.52. The molecule has 0 aliphatic heterocycles. The molecule has 1 aromatic heterocycles. The van der Waals surface area contributed by atoms with E-state index in [1.807, 2.05) is 20.8 Å². The van der Waals surface area contributed by atoms with Crippen LogP contribution in [0.4, 0.5) is 4.79 Å². The van der Waals surface area contributed by atoms with Crippen LogP contribution in [0.5, 0.6) is 0 Å². The van der Waals surface area contributed by atoms with Crippen molar-refractivity contribution in [1.82, 2.24) is 15.6 Å². The van der Waals surface area contributed by atoms with Crippen LogP contribution in [0.1, 0.15) is 31.5 Å². The number of hydrogen-bond acceptors (Lipinski definition) is 3. The number of amides is 2. The highest BCUT2D eigenvalue weighted by molar-refractivity contribution is 5.74. The van der Waals surface area contributed by atoms with Crippen molar-refractivity contribution >= 4 is 6.03 Å². The second kappa shape index (κ2) is 4.64. The first-order chi connectivity index (χ1) is 6.63. The van der Waals surface area contributed by atoms with Crippen molar-refractivity contribution in [2.24, 2.45) is 0 Å². The highest BCUT2D eigenvalue weighted by atomic mass is 16.4. The molecule has 1 unspecified atom stereocenters. The number of urea groups is 1. The van der Waals surface area contributed by atoms with Gasteiger partial charge in [-0.05, 0) is 20.8 Å². The second-order valence-electron chi connectivity index (χ2n) is 3.03. The lowest BCUT2D eigenvalue weighted by molar-refractivity contribution is 0.236. The normalized spacial score (nSPS) is 12.2. The van der Waals surface area contributed by atoms with Gasteiger partial charge in [0.25, 0.3) is 0 Å². The van der Waals surface area contributed by atoms with Gasteiger partial charge in [0.15, 0.2) is 0 Å². The molecule has 2 N–H and O–H groups in total. The lowest BCUT2D eigenvalue weighted by atomic mass is 10.3. The number of oxazole rings is 1. The Morgan fingerprint density at radius 2 is 2.43 bits per heavy atom. The Hall–Kier alpha value is -1.52.